The Morgan fingerprint density at radius 3 is 2.29 bits per heavy atom. The van der Waals surface area contributed by atoms with E-state index in [1.54, 1.807) is 6.07 Å². The van der Waals surface area contributed by atoms with E-state index in [9.17, 15) is 10.1 Å². The highest BCUT2D eigenvalue weighted by atomic mass is 16.5. The number of benzene rings is 2. The van der Waals surface area contributed by atoms with Gasteiger partial charge in [0, 0.05) is 0 Å². The average Bonchev–Trinajstić information content (AvgIpc) is 2.88. The molecular weight excluding hydrogens is 418 g/mol. The number of unbranched alkanes of at least 4 members (excludes halogenated alkanes) is 5. The molecule has 0 amide bonds. The number of hydrogen-bond acceptors (Lipinski definition) is 3. The molecule has 0 atom stereocenters. The van der Waals surface area contributed by atoms with Crippen LogP contribution in [0.3, 0.4) is 0 Å². The number of carbonyl (C=O) groups excluding carboxylic acids is 1. The minimum absolute atomic E-state index is 0.344. The van der Waals surface area contributed by atoms with Crippen molar-refractivity contribution in [1.82, 2.24) is 0 Å². The summed E-state index contributed by atoms with van der Waals surface area (Å²) in [4.78, 5) is 12.7. The van der Waals surface area contributed by atoms with E-state index in [2.05, 4.69) is 32.0 Å². The molecular formula is C31H41NO2. The van der Waals surface area contributed by atoms with Crippen molar-refractivity contribution in [1.29, 1.82) is 5.26 Å². The highest BCUT2D eigenvalue weighted by Gasteiger charge is 2.22. The van der Waals surface area contributed by atoms with Crippen LogP contribution in [0.1, 0.15) is 124 Å². The summed E-state index contributed by atoms with van der Waals surface area (Å²) in [5, 5.41) is 9.57. The number of aryl methyl sites for hydroxylation is 1. The number of rotatable bonds is 12. The molecule has 0 unspecified atom stereocenters. The molecule has 0 aliphatic heterocycles. The Morgan fingerprint density at radius 2 is 1.62 bits per heavy atom. The van der Waals surface area contributed by atoms with Gasteiger partial charge < -0.3 is 4.74 Å². The van der Waals surface area contributed by atoms with Gasteiger partial charge >= 0.3 is 5.97 Å². The maximum atomic E-state index is 12.7. The van der Waals surface area contributed by atoms with E-state index in [0.717, 1.165) is 24.3 Å². The molecule has 34 heavy (non-hydrogen) atoms. The van der Waals surface area contributed by atoms with E-state index in [1.165, 1.54) is 76.2 Å². The molecule has 1 aliphatic carbocycles. The molecule has 0 N–H and O–H groups in total. The van der Waals surface area contributed by atoms with Crippen molar-refractivity contribution in [2.24, 2.45) is 5.92 Å². The zero-order valence-corrected chi connectivity index (χ0v) is 21.2. The smallest absolute Gasteiger partial charge is 0.343 e. The van der Waals surface area contributed by atoms with Gasteiger partial charge in [0.1, 0.15) is 11.8 Å². The first-order valence-corrected chi connectivity index (χ1v) is 13.5. The maximum Gasteiger partial charge on any atom is 0.343 e. The van der Waals surface area contributed by atoms with Gasteiger partial charge in [-0.3, -0.25) is 0 Å². The van der Waals surface area contributed by atoms with E-state index >= 15 is 0 Å². The molecule has 0 spiro atoms. The fourth-order valence-corrected chi connectivity index (χ4v) is 5.17. The van der Waals surface area contributed by atoms with Crippen LogP contribution in [0.4, 0.5) is 0 Å². The Hall–Kier alpha value is -2.60. The largest absolute Gasteiger partial charge is 0.422 e. The fraction of sp³-hybridized carbons (Fsp3) is 0.548. The number of carbonyl (C=O) groups is 1. The molecule has 3 nitrogen and oxygen atoms in total. The van der Waals surface area contributed by atoms with Crippen LogP contribution in [-0.2, 0) is 6.42 Å². The average molecular weight is 460 g/mol. The third-order valence-electron chi connectivity index (χ3n) is 7.37. The number of esters is 1. The summed E-state index contributed by atoms with van der Waals surface area (Å²) in [6, 6.07) is 15.7. The van der Waals surface area contributed by atoms with Crippen LogP contribution in [0.25, 0.3) is 0 Å². The van der Waals surface area contributed by atoms with Crippen LogP contribution in [0, 0.1) is 17.2 Å². The molecule has 1 fully saturated rings. The Labute approximate surface area is 206 Å². The molecule has 182 valence electrons. The first-order valence-electron chi connectivity index (χ1n) is 13.5. The van der Waals surface area contributed by atoms with Crippen molar-refractivity contribution in [3.05, 3.63) is 64.7 Å². The quantitative estimate of drug-likeness (QED) is 0.181. The minimum Gasteiger partial charge on any atom is -0.422 e. The lowest BCUT2D eigenvalue weighted by atomic mass is 9.77. The van der Waals surface area contributed by atoms with Gasteiger partial charge in [-0.1, -0.05) is 77.0 Å². The van der Waals surface area contributed by atoms with Gasteiger partial charge in [-0.15, -0.1) is 0 Å². The van der Waals surface area contributed by atoms with Gasteiger partial charge in [-0.05, 0) is 85.8 Å². The van der Waals surface area contributed by atoms with E-state index in [0.29, 0.717) is 22.8 Å². The lowest BCUT2D eigenvalue weighted by Crippen LogP contribution is -2.14. The molecule has 1 saturated carbocycles. The van der Waals surface area contributed by atoms with Crippen LogP contribution in [0.5, 0.6) is 5.75 Å². The fourth-order valence-electron chi connectivity index (χ4n) is 5.17. The number of nitriles is 1. The Morgan fingerprint density at radius 1 is 0.912 bits per heavy atom. The molecule has 0 bridgehead atoms. The van der Waals surface area contributed by atoms with Gasteiger partial charge in [0.15, 0.2) is 0 Å². The summed E-state index contributed by atoms with van der Waals surface area (Å²) in [7, 11) is 0. The third kappa shape index (κ3) is 7.73. The molecule has 2 aromatic carbocycles. The molecule has 1 aliphatic rings. The molecule has 3 heteroatoms. The molecule has 0 aromatic heterocycles. The highest BCUT2D eigenvalue weighted by Crippen LogP contribution is 2.37. The topological polar surface area (TPSA) is 50.1 Å². The summed E-state index contributed by atoms with van der Waals surface area (Å²) in [6.45, 7) is 4.48. The maximum absolute atomic E-state index is 12.7. The van der Waals surface area contributed by atoms with Crippen molar-refractivity contribution in [2.75, 3.05) is 0 Å². The van der Waals surface area contributed by atoms with Crippen molar-refractivity contribution < 1.29 is 9.53 Å². The van der Waals surface area contributed by atoms with Gasteiger partial charge in [-0.25, -0.2) is 4.79 Å². The summed E-state index contributed by atoms with van der Waals surface area (Å²) < 4.78 is 5.61. The highest BCUT2D eigenvalue weighted by molar-refractivity contribution is 5.91. The molecule has 3 rings (SSSR count). The van der Waals surface area contributed by atoms with Gasteiger partial charge in [0.25, 0.3) is 0 Å². The number of hydrogen-bond donors (Lipinski definition) is 0. The zero-order valence-electron chi connectivity index (χ0n) is 21.2. The second-order valence-corrected chi connectivity index (χ2v) is 9.98. The summed E-state index contributed by atoms with van der Waals surface area (Å²) >= 11 is 0. The first kappa shape index (κ1) is 26.0. The SMILES string of the molecule is CCCCCCCc1ccc(OC(=O)c2ccc(C3CCC(CCCC)CC3)cc2)c(C#N)c1. The summed E-state index contributed by atoms with van der Waals surface area (Å²) in [5.74, 6) is 1.44. The number of ether oxygens (including phenoxy) is 1. The standard InChI is InChI=1S/C31H41NO2/c1-3-5-7-8-9-11-25-14-21-30(29(22-25)23-32)34-31(33)28-19-17-27(18-20-28)26-15-12-24(13-16-26)10-6-4-2/h14,17-22,24,26H,3-13,15-16H2,1-2H3. The van der Waals surface area contributed by atoms with Crippen molar-refractivity contribution in [2.45, 2.75) is 103 Å². The Kier molecular flexibility index (Phi) is 10.7. The van der Waals surface area contributed by atoms with Crippen LogP contribution in [-0.4, -0.2) is 5.97 Å². The van der Waals surface area contributed by atoms with Crippen LogP contribution < -0.4 is 4.74 Å². The predicted molar refractivity (Wildman–Crippen MR) is 139 cm³/mol. The Bertz CT molecular complexity index is 933. The van der Waals surface area contributed by atoms with Crippen molar-refractivity contribution in [3.8, 4) is 11.8 Å². The van der Waals surface area contributed by atoms with E-state index < -0.39 is 5.97 Å². The summed E-state index contributed by atoms with van der Waals surface area (Å²) in [5.41, 5.74) is 3.41. The normalized spacial score (nSPS) is 17.8. The van der Waals surface area contributed by atoms with Crippen LogP contribution >= 0.6 is 0 Å². The monoisotopic (exact) mass is 459 g/mol. The second-order valence-electron chi connectivity index (χ2n) is 9.98. The third-order valence-corrected chi connectivity index (χ3v) is 7.37. The molecule has 0 heterocycles. The van der Waals surface area contributed by atoms with Crippen LogP contribution in [0.2, 0.25) is 0 Å². The van der Waals surface area contributed by atoms with E-state index in [-0.39, 0.29) is 0 Å². The minimum atomic E-state index is -0.404. The first-order chi connectivity index (χ1) is 16.6. The van der Waals surface area contributed by atoms with Gasteiger partial charge in [-0.2, -0.15) is 5.26 Å². The predicted octanol–water partition coefficient (Wildman–Crippen LogP) is 8.75. The lowest BCUT2D eigenvalue weighted by molar-refractivity contribution is 0.0734. The van der Waals surface area contributed by atoms with Gasteiger partial charge in [0.05, 0.1) is 11.1 Å². The van der Waals surface area contributed by atoms with Crippen molar-refractivity contribution in [3.63, 3.8) is 0 Å². The van der Waals surface area contributed by atoms with Gasteiger partial charge in [0.2, 0.25) is 0 Å². The Balaban J connectivity index is 1.53. The van der Waals surface area contributed by atoms with Crippen molar-refractivity contribution >= 4 is 5.97 Å². The van der Waals surface area contributed by atoms with Crippen LogP contribution in [0.15, 0.2) is 42.5 Å². The second kappa shape index (κ2) is 14.0. The molecule has 0 radical (unpaired) electrons. The lowest BCUT2D eigenvalue weighted by Gasteiger charge is -2.28. The molecule has 0 saturated heterocycles. The van der Waals surface area contributed by atoms with E-state index in [4.69, 9.17) is 4.74 Å². The van der Waals surface area contributed by atoms with E-state index in [1.807, 2.05) is 24.3 Å². The zero-order chi connectivity index (χ0) is 24.2. The molecule has 2 aromatic rings. The number of nitrogens with zero attached hydrogens (tertiary/aromatic N) is 1. The summed E-state index contributed by atoms with van der Waals surface area (Å²) in [6.07, 6.45) is 16.2.